The first-order chi connectivity index (χ1) is 10.1. The lowest BCUT2D eigenvalue weighted by atomic mass is 10.0. The van der Waals surface area contributed by atoms with E-state index in [1.807, 2.05) is 18.7 Å². The molecule has 0 radical (unpaired) electrons. The highest BCUT2D eigenvalue weighted by molar-refractivity contribution is 6.33. The Morgan fingerprint density at radius 1 is 1.29 bits per heavy atom. The van der Waals surface area contributed by atoms with Crippen molar-refractivity contribution < 1.29 is 4.79 Å². The number of carbonyl (C=O) groups is 1. The van der Waals surface area contributed by atoms with Gasteiger partial charge in [0.2, 0.25) is 0 Å². The molecule has 0 aliphatic carbocycles. The molecule has 0 spiro atoms. The van der Waals surface area contributed by atoms with Gasteiger partial charge in [0.15, 0.2) is 0 Å². The molecule has 1 aromatic heterocycles. The number of nitrogens with one attached hydrogen (secondary N) is 1. The molecule has 118 valence electrons. The van der Waals surface area contributed by atoms with Crippen molar-refractivity contribution in [2.45, 2.75) is 40.5 Å². The van der Waals surface area contributed by atoms with Crippen molar-refractivity contribution in [3.8, 4) is 0 Å². The number of aromatic nitrogens is 1. The third-order valence-corrected chi connectivity index (χ3v) is 4.01. The predicted molar refractivity (Wildman–Crippen MR) is 89.1 cm³/mol. The molecule has 0 saturated heterocycles. The maximum absolute atomic E-state index is 12.7. The van der Waals surface area contributed by atoms with Crippen LogP contribution in [0.1, 0.15) is 51.0 Å². The van der Waals surface area contributed by atoms with Gasteiger partial charge in [0.1, 0.15) is 11.5 Å². The fourth-order valence-electron chi connectivity index (χ4n) is 2.24. The van der Waals surface area contributed by atoms with Crippen molar-refractivity contribution in [2.24, 2.45) is 5.92 Å². The van der Waals surface area contributed by atoms with Crippen molar-refractivity contribution in [1.82, 2.24) is 9.88 Å². The molecule has 0 aliphatic rings. The Kier molecular flexibility index (Phi) is 7.51. The zero-order chi connectivity index (χ0) is 15.8. The molecule has 5 heteroatoms. The lowest BCUT2D eigenvalue weighted by Crippen LogP contribution is -2.35. The van der Waals surface area contributed by atoms with Gasteiger partial charge in [-0.05, 0) is 31.9 Å². The first-order valence-electron chi connectivity index (χ1n) is 7.76. The summed E-state index contributed by atoms with van der Waals surface area (Å²) in [7, 11) is 0. The summed E-state index contributed by atoms with van der Waals surface area (Å²) in [6, 6.07) is 3.52. The highest BCUT2D eigenvalue weighted by Gasteiger charge is 2.21. The van der Waals surface area contributed by atoms with Crippen LogP contribution in [0, 0.1) is 5.92 Å². The van der Waals surface area contributed by atoms with Gasteiger partial charge < -0.3 is 10.2 Å². The van der Waals surface area contributed by atoms with Gasteiger partial charge in [-0.3, -0.25) is 4.79 Å². The number of carbonyl (C=O) groups excluding carboxylic acids is 1. The van der Waals surface area contributed by atoms with E-state index in [2.05, 4.69) is 24.1 Å². The van der Waals surface area contributed by atoms with Crippen LogP contribution in [0.5, 0.6) is 0 Å². The molecular weight excluding hydrogens is 286 g/mol. The molecule has 0 saturated carbocycles. The predicted octanol–water partition coefficient (Wildman–Crippen LogP) is 4.07. The van der Waals surface area contributed by atoms with E-state index in [-0.39, 0.29) is 5.91 Å². The quantitative estimate of drug-likeness (QED) is 0.787. The Bertz CT molecular complexity index is 461. The second-order valence-electron chi connectivity index (χ2n) is 5.08. The molecule has 1 aromatic rings. The number of nitrogens with zero attached hydrogens (tertiary/aromatic N) is 2. The number of hydrogen-bond donors (Lipinski definition) is 1. The zero-order valence-electron chi connectivity index (χ0n) is 13.4. The third-order valence-electron chi connectivity index (χ3n) is 3.71. The summed E-state index contributed by atoms with van der Waals surface area (Å²) in [4.78, 5) is 18.9. The Morgan fingerprint density at radius 2 is 1.95 bits per heavy atom. The molecule has 21 heavy (non-hydrogen) atoms. The molecule has 1 heterocycles. The van der Waals surface area contributed by atoms with E-state index in [0.717, 1.165) is 25.9 Å². The fraction of sp³-hybridized carbons (Fsp3) is 0.625. The first kappa shape index (κ1) is 17.8. The molecular formula is C16H26ClN3O. The van der Waals surface area contributed by atoms with Crippen molar-refractivity contribution >= 4 is 23.3 Å². The van der Waals surface area contributed by atoms with E-state index in [1.54, 1.807) is 12.1 Å². The lowest BCUT2D eigenvalue weighted by Gasteiger charge is -2.25. The van der Waals surface area contributed by atoms with Crippen LogP contribution in [0.3, 0.4) is 0 Å². The Labute approximate surface area is 132 Å². The number of amides is 1. The summed E-state index contributed by atoms with van der Waals surface area (Å²) in [5.74, 6) is 1.11. The van der Waals surface area contributed by atoms with Gasteiger partial charge in [-0.15, -0.1) is 0 Å². The molecule has 0 aliphatic heterocycles. The minimum absolute atomic E-state index is 0.0887. The van der Waals surface area contributed by atoms with Crippen LogP contribution in [-0.4, -0.2) is 35.4 Å². The molecule has 1 rings (SSSR count). The Balaban J connectivity index is 2.95. The van der Waals surface area contributed by atoms with Gasteiger partial charge in [-0.25, -0.2) is 4.98 Å². The van der Waals surface area contributed by atoms with Crippen molar-refractivity contribution in [1.29, 1.82) is 0 Å². The second-order valence-corrected chi connectivity index (χ2v) is 5.49. The standard InChI is InChI=1S/C16H26ClN3O/c1-5-12(6-2)11-20(8-4)16(21)15-13(17)9-10-14(19-15)18-7-3/h9-10,12H,5-8,11H2,1-4H3,(H,18,19). The summed E-state index contributed by atoms with van der Waals surface area (Å²) in [6.45, 7) is 10.5. The second kappa shape index (κ2) is 8.88. The van der Waals surface area contributed by atoms with Crippen LogP contribution in [0.4, 0.5) is 5.82 Å². The largest absolute Gasteiger partial charge is 0.370 e. The Morgan fingerprint density at radius 3 is 2.48 bits per heavy atom. The van der Waals surface area contributed by atoms with Crippen LogP contribution >= 0.6 is 11.6 Å². The number of halogens is 1. The van der Waals surface area contributed by atoms with Gasteiger partial charge in [-0.1, -0.05) is 38.3 Å². The molecule has 1 N–H and O–H groups in total. The van der Waals surface area contributed by atoms with Gasteiger partial charge in [0.05, 0.1) is 5.02 Å². The average molecular weight is 312 g/mol. The summed E-state index contributed by atoms with van der Waals surface area (Å²) >= 11 is 6.16. The van der Waals surface area contributed by atoms with Crippen LogP contribution in [-0.2, 0) is 0 Å². The maximum atomic E-state index is 12.7. The molecule has 0 fully saturated rings. The van der Waals surface area contributed by atoms with Crippen molar-refractivity contribution in [3.05, 3.63) is 22.8 Å². The van der Waals surface area contributed by atoms with Gasteiger partial charge in [-0.2, -0.15) is 0 Å². The van der Waals surface area contributed by atoms with Gasteiger partial charge >= 0.3 is 0 Å². The molecule has 0 unspecified atom stereocenters. The summed E-state index contributed by atoms with van der Waals surface area (Å²) in [5.41, 5.74) is 0.336. The highest BCUT2D eigenvalue weighted by atomic mass is 35.5. The van der Waals surface area contributed by atoms with E-state index < -0.39 is 0 Å². The highest BCUT2D eigenvalue weighted by Crippen LogP contribution is 2.20. The molecule has 1 amide bonds. The molecule has 0 atom stereocenters. The number of hydrogen-bond acceptors (Lipinski definition) is 3. The van der Waals surface area contributed by atoms with E-state index in [9.17, 15) is 4.79 Å². The van der Waals surface area contributed by atoms with E-state index in [0.29, 0.717) is 29.0 Å². The fourth-order valence-corrected chi connectivity index (χ4v) is 2.42. The van der Waals surface area contributed by atoms with E-state index in [4.69, 9.17) is 11.6 Å². The van der Waals surface area contributed by atoms with E-state index >= 15 is 0 Å². The van der Waals surface area contributed by atoms with Crippen LogP contribution in [0.2, 0.25) is 5.02 Å². The van der Waals surface area contributed by atoms with Gasteiger partial charge in [0, 0.05) is 19.6 Å². The zero-order valence-corrected chi connectivity index (χ0v) is 14.2. The van der Waals surface area contributed by atoms with Crippen LogP contribution in [0.15, 0.2) is 12.1 Å². The summed E-state index contributed by atoms with van der Waals surface area (Å²) in [5, 5.41) is 3.52. The van der Waals surface area contributed by atoms with Gasteiger partial charge in [0.25, 0.3) is 5.91 Å². The average Bonchev–Trinajstić information content (AvgIpc) is 2.50. The smallest absolute Gasteiger partial charge is 0.274 e. The molecule has 0 aromatic carbocycles. The van der Waals surface area contributed by atoms with Crippen molar-refractivity contribution in [3.63, 3.8) is 0 Å². The first-order valence-corrected chi connectivity index (χ1v) is 8.14. The summed E-state index contributed by atoms with van der Waals surface area (Å²) < 4.78 is 0. The SMILES string of the molecule is CCNc1ccc(Cl)c(C(=O)N(CC)CC(CC)CC)n1. The normalized spacial score (nSPS) is 10.8. The lowest BCUT2D eigenvalue weighted by molar-refractivity contribution is 0.0729. The summed E-state index contributed by atoms with van der Waals surface area (Å²) in [6.07, 6.45) is 2.14. The van der Waals surface area contributed by atoms with Crippen molar-refractivity contribution in [2.75, 3.05) is 25.0 Å². The monoisotopic (exact) mass is 311 g/mol. The van der Waals surface area contributed by atoms with Crippen LogP contribution < -0.4 is 5.32 Å². The third kappa shape index (κ3) is 4.88. The Hall–Kier alpha value is -1.29. The number of rotatable bonds is 8. The number of anilines is 1. The minimum Gasteiger partial charge on any atom is -0.370 e. The van der Waals surface area contributed by atoms with Crippen LogP contribution in [0.25, 0.3) is 0 Å². The molecule has 4 nitrogen and oxygen atoms in total. The topological polar surface area (TPSA) is 45.2 Å². The maximum Gasteiger partial charge on any atom is 0.274 e. The number of pyridine rings is 1. The van der Waals surface area contributed by atoms with E-state index in [1.165, 1.54) is 0 Å². The minimum atomic E-state index is -0.0887. The molecule has 0 bridgehead atoms.